The second-order valence-electron chi connectivity index (χ2n) is 6.35. The number of piperidine rings is 1. The minimum Gasteiger partial charge on any atom is -0.785 e. The standard InChI is InChI=1S/C14H24NO/c1-10-5-4-8-14-12(10)9-11-6-2-3-7-13(11)15(14)16/h10-14H,2-9H2,1H3/q-1. The monoisotopic (exact) mass is 222 g/mol. The van der Waals surface area contributed by atoms with Gasteiger partial charge >= 0.3 is 0 Å². The first-order chi connectivity index (χ1) is 7.77. The zero-order valence-electron chi connectivity index (χ0n) is 10.4. The second kappa shape index (κ2) is 4.30. The number of nitrogens with zero attached hydrogens (tertiary/aromatic N) is 1. The van der Waals surface area contributed by atoms with Crippen molar-refractivity contribution in [1.82, 2.24) is 5.06 Å². The minimum atomic E-state index is 0.378. The lowest BCUT2D eigenvalue weighted by Crippen LogP contribution is -2.55. The summed E-state index contributed by atoms with van der Waals surface area (Å²) in [4.78, 5) is 0. The van der Waals surface area contributed by atoms with E-state index in [1.807, 2.05) is 0 Å². The molecule has 0 aromatic carbocycles. The summed E-state index contributed by atoms with van der Waals surface area (Å²) in [5, 5.41) is 14.0. The van der Waals surface area contributed by atoms with Gasteiger partial charge in [-0.05, 0) is 43.4 Å². The van der Waals surface area contributed by atoms with E-state index in [-0.39, 0.29) is 0 Å². The molecule has 0 bridgehead atoms. The van der Waals surface area contributed by atoms with Crippen molar-refractivity contribution in [3.8, 4) is 0 Å². The van der Waals surface area contributed by atoms with Crippen LogP contribution < -0.4 is 0 Å². The van der Waals surface area contributed by atoms with Crippen LogP contribution in [0, 0.1) is 23.0 Å². The van der Waals surface area contributed by atoms with Crippen LogP contribution in [-0.4, -0.2) is 17.1 Å². The second-order valence-corrected chi connectivity index (χ2v) is 6.35. The Balaban J connectivity index is 1.79. The molecule has 1 saturated heterocycles. The predicted octanol–water partition coefficient (Wildman–Crippen LogP) is 3.55. The molecule has 3 aliphatic rings. The first-order valence-corrected chi connectivity index (χ1v) is 7.23. The van der Waals surface area contributed by atoms with E-state index in [2.05, 4.69) is 6.92 Å². The number of hydrogen-bond donors (Lipinski definition) is 0. The van der Waals surface area contributed by atoms with Crippen LogP contribution in [0.5, 0.6) is 0 Å². The van der Waals surface area contributed by atoms with Crippen LogP contribution in [0.2, 0.25) is 0 Å². The molecule has 5 unspecified atom stereocenters. The normalized spacial score (nSPS) is 49.5. The molecule has 0 aromatic heterocycles. The van der Waals surface area contributed by atoms with E-state index in [9.17, 15) is 5.21 Å². The molecule has 0 aromatic rings. The fourth-order valence-electron chi connectivity index (χ4n) is 4.56. The van der Waals surface area contributed by atoms with E-state index >= 15 is 0 Å². The van der Waals surface area contributed by atoms with Crippen molar-refractivity contribution in [2.24, 2.45) is 17.8 Å². The smallest absolute Gasteiger partial charge is 0.000739 e. The van der Waals surface area contributed by atoms with E-state index < -0.39 is 0 Å². The lowest BCUT2D eigenvalue weighted by Gasteiger charge is -2.59. The minimum absolute atomic E-state index is 0.378. The summed E-state index contributed by atoms with van der Waals surface area (Å²) in [7, 11) is 0. The van der Waals surface area contributed by atoms with Crippen molar-refractivity contribution in [2.75, 3.05) is 0 Å². The molecule has 5 atom stereocenters. The van der Waals surface area contributed by atoms with Crippen molar-refractivity contribution < 1.29 is 0 Å². The topological polar surface area (TPSA) is 26.3 Å². The summed E-state index contributed by atoms with van der Waals surface area (Å²) < 4.78 is 0. The Kier molecular flexibility index (Phi) is 2.97. The highest BCUT2D eigenvalue weighted by Crippen LogP contribution is 2.46. The summed E-state index contributed by atoms with van der Waals surface area (Å²) in [6.07, 6.45) is 10.3. The van der Waals surface area contributed by atoms with Gasteiger partial charge in [0.15, 0.2) is 0 Å². The molecule has 92 valence electrons. The molecule has 2 heteroatoms. The van der Waals surface area contributed by atoms with Crippen LogP contribution in [-0.2, 0) is 0 Å². The Morgan fingerprint density at radius 3 is 2.56 bits per heavy atom. The maximum atomic E-state index is 12.5. The van der Waals surface area contributed by atoms with E-state index in [0.717, 1.165) is 11.8 Å². The van der Waals surface area contributed by atoms with Crippen molar-refractivity contribution >= 4 is 0 Å². The van der Waals surface area contributed by atoms with Gasteiger partial charge in [0.05, 0.1) is 0 Å². The van der Waals surface area contributed by atoms with Gasteiger partial charge in [0, 0.05) is 12.1 Å². The summed E-state index contributed by atoms with van der Waals surface area (Å²) in [5.74, 6) is 2.23. The van der Waals surface area contributed by atoms with E-state index in [0.29, 0.717) is 18.0 Å². The van der Waals surface area contributed by atoms with Gasteiger partial charge in [-0.1, -0.05) is 32.6 Å². The summed E-state index contributed by atoms with van der Waals surface area (Å²) in [6, 6.07) is 0.767. The van der Waals surface area contributed by atoms with Crippen molar-refractivity contribution in [3.05, 3.63) is 5.21 Å². The Morgan fingerprint density at radius 1 is 0.938 bits per heavy atom. The van der Waals surface area contributed by atoms with Gasteiger partial charge in [0.1, 0.15) is 0 Å². The van der Waals surface area contributed by atoms with Gasteiger partial charge in [0.2, 0.25) is 0 Å². The molecule has 0 amide bonds. The molecular weight excluding hydrogens is 198 g/mol. The Bertz CT molecular complexity index is 255. The third kappa shape index (κ3) is 1.70. The van der Waals surface area contributed by atoms with Crippen molar-refractivity contribution in [3.63, 3.8) is 0 Å². The highest BCUT2D eigenvalue weighted by Gasteiger charge is 2.42. The molecule has 1 aliphatic heterocycles. The molecule has 2 aliphatic carbocycles. The number of hydrogen-bond acceptors (Lipinski definition) is 2. The summed E-state index contributed by atoms with van der Waals surface area (Å²) in [5.41, 5.74) is 0. The van der Waals surface area contributed by atoms with Gasteiger partial charge in [-0.25, -0.2) is 0 Å². The zero-order valence-corrected chi connectivity index (χ0v) is 10.4. The lowest BCUT2D eigenvalue weighted by molar-refractivity contribution is -0.0266. The Hall–Kier alpha value is -0.0800. The highest BCUT2D eigenvalue weighted by molar-refractivity contribution is 4.99. The zero-order chi connectivity index (χ0) is 11.1. The van der Waals surface area contributed by atoms with Crippen molar-refractivity contribution in [2.45, 2.75) is 70.4 Å². The van der Waals surface area contributed by atoms with Gasteiger partial charge < -0.3 is 10.3 Å². The SMILES string of the molecule is CC1CCCC2C1CC1CCCCC1N2[O-]. The van der Waals surface area contributed by atoms with Gasteiger partial charge in [0.25, 0.3) is 0 Å². The average Bonchev–Trinajstić information content (AvgIpc) is 2.31. The lowest BCUT2D eigenvalue weighted by atomic mass is 9.65. The number of fused-ring (bicyclic) bond motifs is 2. The Morgan fingerprint density at radius 2 is 1.69 bits per heavy atom. The van der Waals surface area contributed by atoms with Crippen LogP contribution in [0.3, 0.4) is 0 Å². The highest BCUT2D eigenvalue weighted by atomic mass is 16.5. The van der Waals surface area contributed by atoms with Gasteiger partial charge in [-0.15, -0.1) is 0 Å². The number of rotatable bonds is 0. The van der Waals surface area contributed by atoms with E-state index in [4.69, 9.17) is 0 Å². The average molecular weight is 222 g/mol. The van der Waals surface area contributed by atoms with Gasteiger partial charge in [-0.3, -0.25) is 0 Å². The largest absolute Gasteiger partial charge is 0.785 e. The maximum absolute atomic E-state index is 12.5. The van der Waals surface area contributed by atoms with Crippen LogP contribution in [0.1, 0.15) is 58.3 Å². The van der Waals surface area contributed by atoms with Crippen LogP contribution in [0.25, 0.3) is 0 Å². The molecular formula is C14H24NO-. The molecule has 1 heterocycles. The summed E-state index contributed by atoms with van der Waals surface area (Å²) in [6.45, 7) is 2.37. The molecule has 0 N–H and O–H groups in total. The molecule has 2 nitrogen and oxygen atoms in total. The molecule has 2 saturated carbocycles. The Labute approximate surface area is 99.0 Å². The molecule has 3 fully saturated rings. The van der Waals surface area contributed by atoms with Crippen LogP contribution in [0.15, 0.2) is 0 Å². The van der Waals surface area contributed by atoms with E-state index in [1.54, 1.807) is 5.06 Å². The molecule has 0 spiro atoms. The first kappa shape index (κ1) is 11.0. The quantitative estimate of drug-likeness (QED) is 0.626. The van der Waals surface area contributed by atoms with Gasteiger partial charge in [-0.2, -0.15) is 0 Å². The molecule has 0 radical (unpaired) electrons. The first-order valence-electron chi connectivity index (χ1n) is 7.23. The van der Waals surface area contributed by atoms with E-state index in [1.165, 1.54) is 51.4 Å². The predicted molar refractivity (Wildman–Crippen MR) is 65.9 cm³/mol. The third-order valence-corrected chi connectivity index (χ3v) is 5.48. The fourth-order valence-corrected chi connectivity index (χ4v) is 4.56. The number of hydroxylamine groups is 2. The van der Waals surface area contributed by atoms with Crippen LogP contribution in [0.4, 0.5) is 0 Å². The van der Waals surface area contributed by atoms with Crippen LogP contribution >= 0.6 is 0 Å². The molecule has 16 heavy (non-hydrogen) atoms. The summed E-state index contributed by atoms with van der Waals surface area (Å²) >= 11 is 0. The maximum Gasteiger partial charge on any atom is 0.000739 e. The fraction of sp³-hybridized carbons (Fsp3) is 1.00. The molecule has 3 rings (SSSR count). The van der Waals surface area contributed by atoms with Crippen molar-refractivity contribution in [1.29, 1.82) is 0 Å². The third-order valence-electron chi connectivity index (χ3n) is 5.48.